The van der Waals surface area contributed by atoms with Gasteiger partial charge in [-0.25, -0.2) is 9.78 Å². The molecule has 0 aliphatic heterocycles. The molecule has 0 saturated heterocycles. The number of carboxylic acid groups (broad SMARTS) is 1. The molecule has 8 heteroatoms. The summed E-state index contributed by atoms with van der Waals surface area (Å²) in [6.07, 6.45) is 2.04. The van der Waals surface area contributed by atoms with Gasteiger partial charge in [-0.15, -0.1) is 10.2 Å². The van der Waals surface area contributed by atoms with Crippen molar-refractivity contribution in [2.45, 2.75) is 26.2 Å². The maximum Gasteiger partial charge on any atom is 0.392 e. The number of aromatic carboxylic acids is 1. The van der Waals surface area contributed by atoms with Gasteiger partial charge in [-0.2, -0.15) is 5.21 Å². The molecule has 4 rings (SSSR count). The SMILES string of the molecule is CCCc1nc(C(=O)O)oc1Cc1ccc(-c2ccccc2-c2nn[nH]n2)cc1. The molecular weight excluding hydrogens is 370 g/mol. The van der Waals surface area contributed by atoms with E-state index in [-0.39, 0.29) is 5.89 Å². The first-order valence-corrected chi connectivity index (χ1v) is 9.29. The lowest BCUT2D eigenvalue weighted by molar-refractivity contribution is 0.0652. The number of nitrogens with zero attached hydrogens (tertiary/aromatic N) is 4. The Bertz CT molecular complexity index is 1120. The van der Waals surface area contributed by atoms with Gasteiger partial charge in [-0.3, -0.25) is 0 Å². The molecule has 8 nitrogen and oxygen atoms in total. The van der Waals surface area contributed by atoms with E-state index in [0.29, 0.717) is 30.1 Å². The molecule has 2 N–H and O–H groups in total. The largest absolute Gasteiger partial charge is 0.474 e. The van der Waals surface area contributed by atoms with Gasteiger partial charge in [-0.1, -0.05) is 61.9 Å². The van der Waals surface area contributed by atoms with E-state index in [0.717, 1.165) is 28.7 Å². The molecule has 2 aromatic heterocycles. The normalized spacial score (nSPS) is 10.9. The number of tetrazole rings is 1. The predicted molar refractivity (Wildman–Crippen MR) is 105 cm³/mol. The first kappa shape index (κ1) is 18.5. The smallest absolute Gasteiger partial charge is 0.392 e. The fraction of sp³-hybridized carbons (Fsp3) is 0.190. The van der Waals surface area contributed by atoms with Crippen molar-refractivity contribution in [3.8, 4) is 22.5 Å². The topological polar surface area (TPSA) is 118 Å². The molecule has 2 heterocycles. The van der Waals surface area contributed by atoms with Crippen LogP contribution in [0.4, 0.5) is 0 Å². The van der Waals surface area contributed by atoms with Crippen molar-refractivity contribution in [1.82, 2.24) is 25.6 Å². The Kier molecular flexibility index (Phi) is 5.15. The quantitative estimate of drug-likeness (QED) is 0.494. The molecular formula is C21H19N5O3. The maximum absolute atomic E-state index is 11.2. The fourth-order valence-electron chi connectivity index (χ4n) is 3.24. The minimum atomic E-state index is -1.15. The minimum Gasteiger partial charge on any atom is -0.474 e. The molecule has 2 aromatic carbocycles. The number of hydrogen-bond acceptors (Lipinski definition) is 6. The van der Waals surface area contributed by atoms with Crippen molar-refractivity contribution in [3.63, 3.8) is 0 Å². The minimum absolute atomic E-state index is 0.255. The first-order valence-electron chi connectivity index (χ1n) is 9.29. The Hall–Kier alpha value is -3.81. The molecule has 0 amide bonds. The zero-order chi connectivity index (χ0) is 20.2. The lowest BCUT2D eigenvalue weighted by Crippen LogP contribution is -1.96. The monoisotopic (exact) mass is 389 g/mol. The van der Waals surface area contributed by atoms with Gasteiger partial charge in [0.15, 0.2) is 0 Å². The van der Waals surface area contributed by atoms with E-state index in [1.807, 2.05) is 55.5 Å². The summed E-state index contributed by atoms with van der Waals surface area (Å²) in [7, 11) is 0. The van der Waals surface area contributed by atoms with Crippen LogP contribution in [0, 0.1) is 0 Å². The summed E-state index contributed by atoms with van der Waals surface area (Å²) >= 11 is 0. The van der Waals surface area contributed by atoms with E-state index in [2.05, 4.69) is 25.6 Å². The van der Waals surface area contributed by atoms with Gasteiger partial charge >= 0.3 is 11.9 Å². The molecule has 146 valence electrons. The Morgan fingerprint density at radius 2 is 1.86 bits per heavy atom. The van der Waals surface area contributed by atoms with E-state index in [4.69, 9.17) is 9.52 Å². The molecule has 0 fully saturated rings. The number of oxazole rings is 1. The van der Waals surface area contributed by atoms with Crippen LogP contribution in [0.1, 0.15) is 41.0 Å². The van der Waals surface area contributed by atoms with Gasteiger partial charge < -0.3 is 9.52 Å². The van der Waals surface area contributed by atoms with Gasteiger partial charge in [0.1, 0.15) is 5.76 Å². The van der Waals surface area contributed by atoms with Gasteiger partial charge in [0.05, 0.1) is 5.69 Å². The maximum atomic E-state index is 11.2. The summed E-state index contributed by atoms with van der Waals surface area (Å²) in [5, 5.41) is 23.4. The van der Waals surface area contributed by atoms with Crippen molar-refractivity contribution in [2.24, 2.45) is 0 Å². The third-order valence-corrected chi connectivity index (χ3v) is 4.59. The number of nitrogens with one attached hydrogen (secondary N) is 1. The van der Waals surface area contributed by atoms with Crippen molar-refractivity contribution < 1.29 is 14.3 Å². The lowest BCUT2D eigenvalue weighted by Gasteiger charge is -2.08. The van der Waals surface area contributed by atoms with E-state index >= 15 is 0 Å². The highest BCUT2D eigenvalue weighted by Crippen LogP contribution is 2.30. The zero-order valence-electron chi connectivity index (χ0n) is 15.8. The number of aromatic nitrogens is 5. The van der Waals surface area contributed by atoms with Crippen LogP contribution in [0.2, 0.25) is 0 Å². The van der Waals surface area contributed by atoms with E-state index in [9.17, 15) is 4.79 Å². The molecule has 0 radical (unpaired) electrons. The van der Waals surface area contributed by atoms with Gasteiger partial charge in [0.25, 0.3) is 0 Å². The van der Waals surface area contributed by atoms with Crippen molar-refractivity contribution in [2.75, 3.05) is 0 Å². The van der Waals surface area contributed by atoms with Crippen LogP contribution in [0.15, 0.2) is 52.9 Å². The number of rotatable bonds is 7. The van der Waals surface area contributed by atoms with Gasteiger partial charge in [-0.05, 0) is 28.3 Å². The third kappa shape index (κ3) is 3.91. The summed E-state index contributed by atoms with van der Waals surface area (Å²) in [6.45, 7) is 2.02. The summed E-state index contributed by atoms with van der Waals surface area (Å²) in [5.74, 6) is -0.267. The zero-order valence-corrected chi connectivity index (χ0v) is 15.8. The average molecular weight is 389 g/mol. The molecule has 0 unspecified atom stereocenters. The second kappa shape index (κ2) is 8.05. The number of carboxylic acids is 1. The highest BCUT2D eigenvalue weighted by Gasteiger charge is 2.18. The number of aromatic amines is 1. The molecule has 0 aliphatic carbocycles. The number of H-pyrrole nitrogens is 1. The predicted octanol–water partition coefficient (Wildman–Crippen LogP) is 3.76. The Morgan fingerprint density at radius 3 is 2.52 bits per heavy atom. The van der Waals surface area contributed by atoms with Gasteiger partial charge in [0, 0.05) is 12.0 Å². The van der Waals surface area contributed by atoms with Crippen LogP contribution in [-0.2, 0) is 12.8 Å². The van der Waals surface area contributed by atoms with Crippen molar-refractivity contribution in [1.29, 1.82) is 0 Å². The summed E-state index contributed by atoms with van der Waals surface area (Å²) < 4.78 is 5.48. The molecule has 4 aromatic rings. The van der Waals surface area contributed by atoms with Crippen LogP contribution in [-0.4, -0.2) is 36.7 Å². The summed E-state index contributed by atoms with van der Waals surface area (Å²) in [6, 6.07) is 15.9. The second-order valence-corrected chi connectivity index (χ2v) is 6.60. The van der Waals surface area contributed by atoms with Crippen LogP contribution < -0.4 is 0 Å². The highest BCUT2D eigenvalue weighted by molar-refractivity contribution is 5.82. The molecule has 0 aliphatic rings. The molecule has 0 atom stereocenters. The van der Waals surface area contributed by atoms with Crippen LogP contribution in [0.3, 0.4) is 0 Å². The number of hydrogen-bond donors (Lipinski definition) is 2. The number of carbonyl (C=O) groups is 1. The highest BCUT2D eigenvalue weighted by atomic mass is 16.4. The van der Waals surface area contributed by atoms with Crippen LogP contribution >= 0.6 is 0 Å². The van der Waals surface area contributed by atoms with E-state index < -0.39 is 5.97 Å². The van der Waals surface area contributed by atoms with E-state index in [1.54, 1.807) is 0 Å². The van der Waals surface area contributed by atoms with Crippen molar-refractivity contribution in [3.05, 3.63) is 71.4 Å². The summed E-state index contributed by atoms with van der Waals surface area (Å²) in [5.41, 5.74) is 4.62. The third-order valence-electron chi connectivity index (χ3n) is 4.59. The Morgan fingerprint density at radius 1 is 1.10 bits per heavy atom. The fourth-order valence-corrected chi connectivity index (χ4v) is 3.24. The molecule has 0 bridgehead atoms. The molecule has 0 spiro atoms. The average Bonchev–Trinajstić information content (AvgIpc) is 3.40. The Balaban J connectivity index is 1.61. The number of aryl methyl sites for hydroxylation is 1. The van der Waals surface area contributed by atoms with Crippen LogP contribution in [0.5, 0.6) is 0 Å². The first-order chi connectivity index (χ1) is 14.2. The Labute approximate surface area is 166 Å². The molecule has 0 saturated carbocycles. The summed E-state index contributed by atoms with van der Waals surface area (Å²) in [4.78, 5) is 15.3. The number of benzene rings is 2. The van der Waals surface area contributed by atoms with E-state index in [1.165, 1.54) is 0 Å². The van der Waals surface area contributed by atoms with Crippen LogP contribution in [0.25, 0.3) is 22.5 Å². The standard InChI is InChI=1S/C21H19N5O3/c1-2-5-17-18(29-20(22-17)21(27)28)12-13-8-10-14(11-9-13)15-6-3-4-7-16(15)19-23-25-26-24-19/h3-4,6-11H,2,5,12H2,1H3,(H,27,28)(H,23,24,25,26). The molecule has 29 heavy (non-hydrogen) atoms. The lowest BCUT2D eigenvalue weighted by atomic mass is 9.97. The van der Waals surface area contributed by atoms with Crippen molar-refractivity contribution >= 4 is 5.97 Å². The van der Waals surface area contributed by atoms with Gasteiger partial charge in [0.2, 0.25) is 5.82 Å². The second-order valence-electron chi connectivity index (χ2n) is 6.60.